The minimum Gasteiger partial charge on any atom is -0.508 e. The molecule has 10 heteroatoms. The predicted molar refractivity (Wildman–Crippen MR) is 101 cm³/mol. The third-order valence-electron chi connectivity index (χ3n) is 4.13. The van der Waals surface area contributed by atoms with Crippen molar-refractivity contribution in [3.63, 3.8) is 0 Å². The molecule has 0 aliphatic heterocycles. The van der Waals surface area contributed by atoms with Crippen molar-refractivity contribution >= 4 is 22.8 Å². The summed E-state index contributed by atoms with van der Waals surface area (Å²) in [5.41, 5.74) is 3.76. The molecule has 0 aliphatic carbocycles. The van der Waals surface area contributed by atoms with Gasteiger partial charge in [-0.15, -0.1) is 0 Å². The van der Waals surface area contributed by atoms with Gasteiger partial charge in [-0.3, -0.25) is 14.3 Å². The summed E-state index contributed by atoms with van der Waals surface area (Å²) < 4.78 is 7.98. The van der Waals surface area contributed by atoms with E-state index in [9.17, 15) is 14.7 Å². The quantitative estimate of drug-likeness (QED) is 0.430. The van der Waals surface area contributed by atoms with Crippen LogP contribution < -0.4 is 16.7 Å². The van der Waals surface area contributed by atoms with Crippen molar-refractivity contribution in [2.24, 2.45) is 12.1 Å². The first kappa shape index (κ1) is 18.4. The number of aryl methyl sites for hydroxylation is 1. The lowest BCUT2D eigenvalue weighted by Crippen LogP contribution is -2.29. The number of fused-ring (bicyclic) bond motifs is 1. The summed E-state index contributed by atoms with van der Waals surface area (Å²) >= 11 is 0. The lowest BCUT2D eigenvalue weighted by molar-refractivity contribution is 0.188. The van der Waals surface area contributed by atoms with Gasteiger partial charge < -0.3 is 14.4 Å². The number of anilines is 1. The van der Waals surface area contributed by atoms with Crippen molar-refractivity contribution in [2.75, 3.05) is 19.1 Å². The van der Waals surface area contributed by atoms with Crippen LogP contribution in [-0.2, 0) is 18.3 Å². The molecule has 1 aromatic carbocycles. The van der Waals surface area contributed by atoms with E-state index in [4.69, 9.17) is 4.74 Å². The largest absolute Gasteiger partial charge is 0.508 e. The van der Waals surface area contributed by atoms with E-state index in [-0.39, 0.29) is 16.9 Å². The summed E-state index contributed by atoms with van der Waals surface area (Å²) in [7, 11) is 3.09. The van der Waals surface area contributed by atoms with Gasteiger partial charge in [-0.05, 0) is 36.8 Å². The number of H-pyrrole nitrogens is 1. The number of hydrogen-bond donors (Lipinski definition) is 3. The van der Waals surface area contributed by atoms with Crippen molar-refractivity contribution in [1.82, 2.24) is 19.1 Å². The lowest BCUT2D eigenvalue weighted by Gasteiger charge is -2.08. The van der Waals surface area contributed by atoms with Gasteiger partial charge >= 0.3 is 5.69 Å². The van der Waals surface area contributed by atoms with Gasteiger partial charge in [-0.1, -0.05) is 0 Å². The van der Waals surface area contributed by atoms with Crippen LogP contribution in [0.4, 0.5) is 5.95 Å². The summed E-state index contributed by atoms with van der Waals surface area (Å²) in [5, 5.41) is 13.7. The van der Waals surface area contributed by atoms with Gasteiger partial charge in [0.2, 0.25) is 5.95 Å². The molecule has 3 N–H and O–H groups in total. The van der Waals surface area contributed by atoms with Crippen molar-refractivity contribution in [3.05, 3.63) is 50.7 Å². The number of hydrazone groups is 1. The molecule has 27 heavy (non-hydrogen) atoms. The van der Waals surface area contributed by atoms with Gasteiger partial charge in [-0.25, -0.2) is 10.2 Å². The van der Waals surface area contributed by atoms with Crippen molar-refractivity contribution < 1.29 is 9.84 Å². The second-order valence-corrected chi connectivity index (χ2v) is 5.93. The summed E-state index contributed by atoms with van der Waals surface area (Å²) in [6.07, 6.45) is 0. The Morgan fingerprint density at radius 3 is 2.70 bits per heavy atom. The highest BCUT2D eigenvalue weighted by molar-refractivity contribution is 5.99. The fourth-order valence-electron chi connectivity index (χ4n) is 2.62. The summed E-state index contributed by atoms with van der Waals surface area (Å²) in [5.74, 6) is 0.480. The first-order valence-electron chi connectivity index (χ1n) is 8.20. The van der Waals surface area contributed by atoms with Crippen LogP contribution in [0.2, 0.25) is 0 Å². The first-order valence-corrected chi connectivity index (χ1v) is 8.20. The molecule has 10 nitrogen and oxygen atoms in total. The minimum atomic E-state index is -0.542. The monoisotopic (exact) mass is 372 g/mol. The lowest BCUT2D eigenvalue weighted by atomic mass is 10.1. The zero-order valence-electron chi connectivity index (χ0n) is 15.2. The smallest absolute Gasteiger partial charge is 0.329 e. The molecule has 0 amide bonds. The molecule has 0 bridgehead atoms. The molecule has 3 rings (SSSR count). The Balaban J connectivity index is 2.05. The van der Waals surface area contributed by atoms with Crippen molar-refractivity contribution in [3.8, 4) is 5.75 Å². The second kappa shape index (κ2) is 7.46. The average Bonchev–Trinajstić information content (AvgIpc) is 3.02. The molecular formula is C17H20N6O4. The Labute approximate surface area is 153 Å². The van der Waals surface area contributed by atoms with Gasteiger partial charge in [-0.2, -0.15) is 10.1 Å². The van der Waals surface area contributed by atoms with Crippen LogP contribution in [-0.4, -0.2) is 43.6 Å². The zero-order chi connectivity index (χ0) is 19.6. The number of aromatic amines is 1. The van der Waals surface area contributed by atoms with Crippen LogP contribution in [0.25, 0.3) is 11.2 Å². The SMILES string of the molecule is COCCn1c(N/N=C(\C)c2ccc(O)cc2)nc2c1c(=O)[nH]c(=O)n2C. The summed E-state index contributed by atoms with van der Waals surface area (Å²) in [4.78, 5) is 30.7. The molecule has 142 valence electrons. The van der Waals surface area contributed by atoms with Crippen LogP contribution in [0.15, 0.2) is 39.0 Å². The number of phenolic OH excluding ortho intramolecular Hbond substituents is 1. The van der Waals surface area contributed by atoms with E-state index in [1.165, 1.54) is 11.6 Å². The van der Waals surface area contributed by atoms with Gasteiger partial charge in [0.25, 0.3) is 5.56 Å². The average molecular weight is 372 g/mol. The third-order valence-corrected chi connectivity index (χ3v) is 4.13. The topological polar surface area (TPSA) is 127 Å². The highest BCUT2D eigenvalue weighted by Gasteiger charge is 2.17. The first-order chi connectivity index (χ1) is 12.9. The van der Waals surface area contributed by atoms with Gasteiger partial charge in [0, 0.05) is 20.7 Å². The van der Waals surface area contributed by atoms with Crippen molar-refractivity contribution in [2.45, 2.75) is 13.5 Å². The van der Waals surface area contributed by atoms with E-state index >= 15 is 0 Å². The number of methoxy groups -OCH3 is 1. The zero-order valence-corrected chi connectivity index (χ0v) is 15.2. The number of imidazole rings is 1. The predicted octanol–water partition coefficient (Wildman–Crippen LogP) is 0.611. The molecule has 3 aromatic rings. The molecule has 0 saturated heterocycles. The van der Waals surface area contributed by atoms with Gasteiger partial charge in [0.15, 0.2) is 11.2 Å². The van der Waals surface area contributed by atoms with E-state index in [0.717, 1.165) is 5.56 Å². The van der Waals surface area contributed by atoms with E-state index in [1.807, 2.05) is 0 Å². The van der Waals surface area contributed by atoms with E-state index < -0.39 is 11.2 Å². The molecule has 0 aliphatic rings. The van der Waals surface area contributed by atoms with Crippen molar-refractivity contribution in [1.29, 1.82) is 0 Å². The normalized spacial score (nSPS) is 11.9. The summed E-state index contributed by atoms with van der Waals surface area (Å²) in [6.45, 7) is 2.50. The standard InChI is InChI=1S/C17H20N6O4/c1-10(11-4-6-12(24)7-5-11)20-21-16-18-14-13(23(16)8-9-27-3)15(25)19-17(26)22(14)2/h4-7,24H,8-9H2,1-3H3,(H,18,21)(H,19,25,26)/b20-10+. The Bertz CT molecular complexity index is 1110. The van der Waals surface area contributed by atoms with Crippen LogP contribution in [0.5, 0.6) is 5.75 Å². The number of aromatic hydroxyl groups is 1. The molecule has 0 unspecified atom stereocenters. The molecule has 2 heterocycles. The summed E-state index contributed by atoms with van der Waals surface area (Å²) in [6, 6.07) is 6.60. The fraction of sp³-hybridized carbons (Fsp3) is 0.294. The Kier molecular flexibility index (Phi) is 5.08. The Morgan fingerprint density at radius 2 is 2.04 bits per heavy atom. The van der Waals surface area contributed by atoms with Crippen LogP contribution in [0.1, 0.15) is 12.5 Å². The maximum Gasteiger partial charge on any atom is 0.329 e. The number of rotatable bonds is 6. The van der Waals surface area contributed by atoms with Gasteiger partial charge in [0.05, 0.1) is 12.3 Å². The maximum atomic E-state index is 12.3. The highest BCUT2D eigenvalue weighted by Crippen LogP contribution is 2.16. The number of benzene rings is 1. The van der Waals surface area contributed by atoms with E-state index in [2.05, 4.69) is 20.5 Å². The molecular weight excluding hydrogens is 352 g/mol. The third kappa shape index (κ3) is 3.60. The molecule has 0 spiro atoms. The number of aromatic nitrogens is 4. The van der Waals surface area contributed by atoms with Crippen LogP contribution in [0.3, 0.4) is 0 Å². The number of nitrogens with one attached hydrogen (secondary N) is 2. The number of ether oxygens (including phenoxy) is 1. The molecule has 2 aromatic heterocycles. The molecule has 0 saturated carbocycles. The number of phenols is 1. The van der Waals surface area contributed by atoms with E-state index in [0.29, 0.717) is 24.8 Å². The van der Waals surface area contributed by atoms with Crippen LogP contribution >= 0.6 is 0 Å². The van der Waals surface area contributed by atoms with E-state index in [1.54, 1.807) is 42.9 Å². The Hall–Kier alpha value is -3.40. The number of hydrogen-bond acceptors (Lipinski definition) is 7. The fourth-order valence-corrected chi connectivity index (χ4v) is 2.62. The highest BCUT2D eigenvalue weighted by atomic mass is 16.5. The Morgan fingerprint density at radius 1 is 1.33 bits per heavy atom. The minimum absolute atomic E-state index is 0.168. The number of nitrogens with zero attached hydrogens (tertiary/aromatic N) is 4. The molecule has 0 atom stereocenters. The molecule has 0 radical (unpaired) electrons. The second-order valence-electron chi connectivity index (χ2n) is 5.93. The van der Waals surface area contributed by atoms with Gasteiger partial charge in [0.1, 0.15) is 5.75 Å². The van der Waals surface area contributed by atoms with Crippen LogP contribution in [0, 0.1) is 0 Å². The molecule has 0 fully saturated rings. The maximum absolute atomic E-state index is 12.3.